The molecule has 0 spiro atoms. The van der Waals surface area contributed by atoms with E-state index in [1.165, 1.54) is 16.8 Å². The molecule has 0 N–H and O–H groups in total. The molecule has 32 heavy (non-hydrogen) atoms. The molecule has 0 amide bonds. The largest absolute Gasteiger partial charge is 0.315 e. The van der Waals surface area contributed by atoms with Crippen LogP contribution in [-0.2, 0) is 0 Å². The zero-order valence-electron chi connectivity index (χ0n) is 17.5. The molecule has 2 aromatic heterocycles. The van der Waals surface area contributed by atoms with Crippen molar-refractivity contribution in [1.29, 1.82) is 0 Å². The van der Waals surface area contributed by atoms with Gasteiger partial charge in [-0.25, -0.2) is 4.98 Å². The Balaban J connectivity index is 1.83. The lowest BCUT2D eigenvalue weighted by atomic mass is 10.1. The summed E-state index contributed by atoms with van der Waals surface area (Å²) < 4.78 is 3.90. The summed E-state index contributed by atoms with van der Waals surface area (Å²) in [5, 5.41) is 16.1. The standard InChI is InChI=1S/C23H20BrN5O3/c1-3-15(2)22-26-21-10-9-16(24)12-20(21)23(30)28(22)25-14-19-8-5-11-27(19)17-6-4-7-18(13-17)29(31)32/h4-15H,3H2,1-2H3/t15-/m0/s1. The summed E-state index contributed by atoms with van der Waals surface area (Å²) in [4.78, 5) is 28.7. The molecule has 0 fully saturated rings. The Morgan fingerprint density at radius 2 is 2.03 bits per heavy atom. The number of aromatic nitrogens is 3. The lowest BCUT2D eigenvalue weighted by Crippen LogP contribution is -2.24. The first-order valence-corrected chi connectivity index (χ1v) is 10.9. The molecule has 4 rings (SSSR count). The normalized spacial score (nSPS) is 12.5. The van der Waals surface area contributed by atoms with Gasteiger partial charge in [-0.3, -0.25) is 14.9 Å². The number of nitro benzene ring substituents is 1. The summed E-state index contributed by atoms with van der Waals surface area (Å²) in [6.45, 7) is 4.04. The van der Waals surface area contributed by atoms with Gasteiger partial charge in [-0.05, 0) is 42.8 Å². The van der Waals surface area contributed by atoms with Crippen LogP contribution < -0.4 is 5.56 Å². The van der Waals surface area contributed by atoms with Crippen molar-refractivity contribution in [3.8, 4) is 5.69 Å². The second-order valence-electron chi connectivity index (χ2n) is 7.38. The molecule has 0 unspecified atom stereocenters. The van der Waals surface area contributed by atoms with Crippen molar-refractivity contribution in [2.45, 2.75) is 26.2 Å². The van der Waals surface area contributed by atoms with Crippen LogP contribution in [0.15, 0.2) is 75.2 Å². The smallest absolute Gasteiger partial charge is 0.282 e. The molecule has 0 saturated heterocycles. The van der Waals surface area contributed by atoms with Crippen LogP contribution in [0.5, 0.6) is 0 Å². The Labute approximate surface area is 192 Å². The highest BCUT2D eigenvalue weighted by Gasteiger charge is 2.16. The van der Waals surface area contributed by atoms with Crippen molar-refractivity contribution < 1.29 is 4.92 Å². The predicted molar refractivity (Wildman–Crippen MR) is 128 cm³/mol. The number of halogens is 1. The molecule has 1 atom stereocenters. The van der Waals surface area contributed by atoms with Crippen LogP contribution in [0.25, 0.3) is 16.6 Å². The van der Waals surface area contributed by atoms with Gasteiger partial charge in [0.15, 0.2) is 0 Å². The number of fused-ring (bicyclic) bond motifs is 1. The number of rotatable bonds is 6. The van der Waals surface area contributed by atoms with Gasteiger partial charge in [0.25, 0.3) is 11.2 Å². The third-order valence-electron chi connectivity index (χ3n) is 5.29. The maximum Gasteiger partial charge on any atom is 0.282 e. The number of non-ortho nitro benzene ring substituents is 1. The lowest BCUT2D eigenvalue weighted by Gasteiger charge is -2.14. The minimum absolute atomic E-state index is 0.00123. The fourth-order valence-corrected chi connectivity index (χ4v) is 3.75. The van der Waals surface area contributed by atoms with Crippen molar-refractivity contribution in [2.24, 2.45) is 5.10 Å². The Kier molecular flexibility index (Phi) is 6.00. The minimum atomic E-state index is -0.433. The summed E-state index contributed by atoms with van der Waals surface area (Å²) in [6.07, 6.45) is 4.15. The third-order valence-corrected chi connectivity index (χ3v) is 5.78. The Bertz CT molecular complexity index is 1410. The van der Waals surface area contributed by atoms with E-state index in [1.807, 2.05) is 38.1 Å². The molecular weight excluding hydrogens is 474 g/mol. The summed E-state index contributed by atoms with van der Waals surface area (Å²) >= 11 is 3.41. The Hall–Kier alpha value is -3.59. The van der Waals surface area contributed by atoms with Crippen LogP contribution in [0.3, 0.4) is 0 Å². The van der Waals surface area contributed by atoms with E-state index in [0.29, 0.717) is 28.1 Å². The number of nitro groups is 1. The Morgan fingerprint density at radius 1 is 1.22 bits per heavy atom. The quantitative estimate of drug-likeness (QED) is 0.208. The molecule has 0 bridgehead atoms. The van der Waals surface area contributed by atoms with Crippen molar-refractivity contribution in [3.05, 3.63) is 97.3 Å². The fraction of sp³-hybridized carbons (Fsp3) is 0.174. The Morgan fingerprint density at radius 3 is 2.78 bits per heavy atom. The van der Waals surface area contributed by atoms with Gasteiger partial charge in [0.1, 0.15) is 5.82 Å². The van der Waals surface area contributed by atoms with E-state index >= 15 is 0 Å². The fourth-order valence-electron chi connectivity index (χ4n) is 3.39. The van der Waals surface area contributed by atoms with E-state index in [4.69, 9.17) is 4.98 Å². The first kappa shape index (κ1) is 21.6. The van der Waals surface area contributed by atoms with E-state index in [2.05, 4.69) is 21.0 Å². The van der Waals surface area contributed by atoms with E-state index in [0.717, 1.165) is 10.9 Å². The molecule has 0 aliphatic rings. The van der Waals surface area contributed by atoms with Crippen LogP contribution >= 0.6 is 15.9 Å². The molecule has 4 aromatic rings. The van der Waals surface area contributed by atoms with Crippen molar-refractivity contribution in [3.63, 3.8) is 0 Å². The number of hydrogen-bond acceptors (Lipinski definition) is 5. The van der Waals surface area contributed by atoms with Crippen molar-refractivity contribution in [1.82, 2.24) is 14.2 Å². The summed E-state index contributed by atoms with van der Waals surface area (Å²) in [7, 11) is 0. The second-order valence-corrected chi connectivity index (χ2v) is 8.30. The maximum atomic E-state index is 13.3. The van der Waals surface area contributed by atoms with E-state index in [-0.39, 0.29) is 17.2 Å². The van der Waals surface area contributed by atoms with Crippen molar-refractivity contribution in [2.75, 3.05) is 0 Å². The van der Waals surface area contributed by atoms with Gasteiger partial charge in [-0.2, -0.15) is 9.78 Å². The second kappa shape index (κ2) is 8.88. The maximum absolute atomic E-state index is 13.3. The average molecular weight is 494 g/mol. The highest BCUT2D eigenvalue weighted by atomic mass is 79.9. The molecule has 2 heterocycles. The van der Waals surface area contributed by atoms with Crippen LogP contribution in [0.1, 0.15) is 37.7 Å². The zero-order valence-corrected chi connectivity index (χ0v) is 19.1. The molecular formula is C23H20BrN5O3. The minimum Gasteiger partial charge on any atom is -0.315 e. The highest BCUT2D eigenvalue weighted by Crippen LogP contribution is 2.21. The first-order chi connectivity index (χ1) is 15.4. The first-order valence-electron chi connectivity index (χ1n) is 10.1. The molecule has 8 nitrogen and oxygen atoms in total. The van der Waals surface area contributed by atoms with Gasteiger partial charge in [0, 0.05) is 28.7 Å². The summed E-state index contributed by atoms with van der Waals surface area (Å²) in [5.74, 6) is 0.605. The summed E-state index contributed by atoms with van der Waals surface area (Å²) in [6, 6.07) is 15.4. The molecule has 0 saturated carbocycles. The van der Waals surface area contributed by atoms with Gasteiger partial charge >= 0.3 is 0 Å². The molecule has 0 radical (unpaired) electrons. The van der Waals surface area contributed by atoms with Crippen LogP contribution in [0.4, 0.5) is 5.69 Å². The molecule has 162 valence electrons. The van der Waals surface area contributed by atoms with Crippen molar-refractivity contribution >= 4 is 38.7 Å². The summed E-state index contributed by atoms with van der Waals surface area (Å²) in [5.41, 5.74) is 1.66. The number of nitrogens with zero attached hydrogens (tertiary/aromatic N) is 5. The van der Waals surface area contributed by atoms with Gasteiger partial charge in [-0.15, -0.1) is 0 Å². The van der Waals surface area contributed by atoms with E-state index in [1.54, 1.807) is 35.2 Å². The molecule has 2 aromatic carbocycles. The van der Waals surface area contributed by atoms with E-state index < -0.39 is 4.92 Å². The van der Waals surface area contributed by atoms with Crippen LogP contribution in [0, 0.1) is 10.1 Å². The van der Waals surface area contributed by atoms with Gasteiger partial charge in [0.2, 0.25) is 0 Å². The van der Waals surface area contributed by atoms with Crippen LogP contribution in [-0.4, -0.2) is 25.4 Å². The molecule has 0 aliphatic heterocycles. The van der Waals surface area contributed by atoms with Gasteiger partial charge < -0.3 is 4.57 Å². The average Bonchev–Trinajstić information content (AvgIpc) is 3.27. The predicted octanol–water partition coefficient (Wildman–Crippen LogP) is 5.25. The lowest BCUT2D eigenvalue weighted by molar-refractivity contribution is -0.384. The number of hydrogen-bond donors (Lipinski definition) is 0. The van der Waals surface area contributed by atoms with Gasteiger partial charge in [0.05, 0.1) is 33.4 Å². The zero-order chi connectivity index (χ0) is 22.8. The highest BCUT2D eigenvalue weighted by molar-refractivity contribution is 9.10. The SMILES string of the molecule is CC[C@H](C)c1nc2ccc(Br)cc2c(=O)n1N=Cc1cccn1-c1cccc([N+](=O)[O-])c1. The molecule has 9 heteroatoms. The topological polar surface area (TPSA) is 95.3 Å². The van der Waals surface area contributed by atoms with Gasteiger partial charge in [-0.1, -0.05) is 35.8 Å². The monoisotopic (exact) mass is 493 g/mol. The molecule has 0 aliphatic carbocycles. The number of benzene rings is 2. The van der Waals surface area contributed by atoms with E-state index in [9.17, 15) is 14.9 Å². The van der Waals surface area contributed by atoms with Crippen LogP contribution in [0.2, 0.25) is 0 Å². The third kappa shape index (κ3) is 4.11.